The molecule has 21 heavy (non-hydrogen) atoms. The standard InChI is InChI=1S/C14H14BrN3OS.ClH/c15-10-4-2-1-3-9(10)13(19)18-14-17-11-6-5-8(16)7-12(11)20-14;/h1-4,8H,5-7,16H2,(H,17,18,19);1H/t8-;/m0./s1. The third kappa shape index (κ3) is 3.63. The van der Waals surface area contributed by atoms with Gasteiger partial charge in [0.2, 0.25) is 0 Å². The Morgan fingerprint density at radius 2 is 2.19 bits per heavy atom. The van der Waals surface area contributed by atoms with Crippen molar-refractivity contribution in [1.29, 1.82) is 0 Å². The molecule has 1 amide bonds. The van der Waals surface area contributed by atoms with Gasteiger partial charge >= 0.3 is 0 Å². The molecule has 1 aromatic heterocycles. The molecule has 1 aromatic carbocycles. The van der Waals surface area contributed by atoms with Gasteiger partial charge < -0.3 is 5.73 Å². The van der Waals surface area contributed by atoms with Crippen LogP contribution in [0.25, 0.3) is 0 Å². The van der Waals surface area contributed by atoms with Gasteiger partial charge in [0.25, 0.3) is 5.91 Å². The molecular formula is C14H15BrClN3OS. The van der Waals surface area contributed by atoms with Crippen LogP contribution in [0.15, 0.2) is 28.7 Å². The van der Waals surface area contributed by atoms with E-state index in [4.69, 9.17) is 5.73 Å². The number of hydrogen-bond donors (Lipinski definition) is 2. The Morgan fingerprint density at radius 1 is 1.43 bits per heavy atom. The highest BCUT2D eigenvalue weighted by Crippen LogP contribution is 2.29. The quantitative estimate of drug-likeness (QED) is 0.828. The first-order valence-electron chi connectivity index (χ1n) is 6.43. The first-order valence-corrected chi connectivity index (χ1v) is 8.04. The second-order valence-electron chi connectivity index (χ2n) is 4.83. The molecule has 3 rings (SSSR count). The van der Waals surface area contributed by atoms with E-state index in [9.17, 15) is 4.79 Å². The minimum atomic E-state index is -0.145. The summed E-state index contributed by atoms with van der Waals surface area (Å²) in [5.41, 5.74) is 7.65. The number of halogens is 2. The summed E-state index contributed by atoms with van der Waals surface area (Å²) in [4.78, 5) is 17.9. The minimum Gasteiger partial charge on any atom is -0.327 e. The molecule has 4 nitrogen and oxygen atoms in total. The number of aromatic nitrogens is 1. The Kier molecular flexibility index (Phi) is 5.37. The number of amides is 1. The number of fused-ring (bicyclic) bond motifs is 1. The molecule has 0 saturated heterocycles. The Morgan fingerprint density at radius 3 is 2.95 bits per heavy atom. The highest BCUT2D eigenvalue weighted by molar-refractivity contribution is 9.10. The van der Waals surface area contributed by atoms with Crippen molar-refractivity contribution in [1.82, 2.24) is 4.98 Å². The highest BCUT2D eigenvalue weighted by Gasteiger charge is 2.21. The normalized spacial score (nSPS) is 16.8. The van der Waals surface area contributed by atoms with Crippen LogP contribution in [-0.4, -0.2) is 16.9 Å². The molecule has 0 radical (unpaired) electrons. The lowest BCUT2D eigenvalue weighted by Crippen LogP contribution is -2.27. The molecule has 112 valence electrons. The van der Waals surface area contributed by atoms with Crippen molar-refractivity contribution >= 4 is 50.7 Å². The van der Waals surface area contributed by atoms with Gasteiger partial charge in [-0.2, -0.15) is 0 Å². The second kappa shape index (κ2) is 6.87. The molecule has 7 heteroatoms. The van der Waals surface area contributed by atoms with Gasteiger partial charge in [-0.1, -0.05) is 12.1 Å². The van der Waals surface area contributed by atoms with E-state index in [0.29, 0.717) is 10.7 Å². The van der Waals surface area contributed by atoms with E-state index in [-0.39, 0.29) is 24.4 Å². The average Bonchev–Trinajstić information content (AvgIpc) is 2.80. The molecule has 2 aromatic rings. The number of rotatable bonds is 2. The fourth-order valence-electron chi connectivity index (χ4n) is 2.26. The molecule has 3 N–H and O–H groups in total. The van der Waals surface area contributed by atoms with E-state index in [2.05, 4.69) is 26.2 Å². The molecule has 0 aliphatic heterocycles. The number of nitrogens with zero attached hydrogens (tertiary/aromatic N) is 1. The van der Waals surface area contributed by atoms with Gasteiger partial charge in [0.1, 0.15) is 0 Å². The zero-order chi connectivity index (χ0) is 14.1. The molecule has 0 spiro atoms. The van der Waals surface area contributed by atoms with Gasteiger partial charge in [0.05, 0.1) is 11.3 Å². The Bertz CT molecular complexity index is 661. The Balaban J connectivity index is 0.00000161. The van der Waals surface area contributed by atoms with E-state index < -0.39 is 0 Å². The maximum absolute atomic E-state index is 12.2. The van der Waals surface area contributed by atoms with Gasteiger partial charge in [-0.15, -0.1) is 23.7 Å². The van der Waals surface area contributed by atoms with Gasteiger partial charge in [-0.05, 0) is 47.3 Å². The minimum absolute atomic E-state index is 0. The smallest absolute Gasteiger partial charge is 0.258 e. The summed E-state index contributed by atoms with van der Waals surface area (Å²) in [5, 5.41) is 3.53. The van der Waals surface area contributed by atoms with Crippen molar-refractivity contribution < 1.29 is 4.79 Å². The van der Waals surface area contributed by atoms with Crippen molar-refractivity contribution in [2.45, 2.75) is 25.3 Å². The number of carbonyl (C=O) groups excluding carboxylic acids is 1. The van der Waals surface area contributed by atoms with Crippen LogP contribution in [-0.2, 0) is 12.8 Å². The fraction of sp³-hybridized carbons (Fsp3) is 0.286. The second-order valence-corrected chi connectivity index (χ2v) is 6.76. The van der Waals surface area contributed by atoms with Crippen molar-refractivity contribution in [2.75, 3.05) is 5.32 Å². The number of aryl methyl sites for hydroxylation is 1. The lowest BCUT2D eigenvalue weighted by Gasteiger charge is -2.15. The van der Waals surface area contributed by atoms with Crippen molar-refractivity contribution in [3.63, 3.8) is 0 Å². The van der Waals surface area contributed by atoms with Gasteiger partial charge in [-0.3, -0.25) is 10.1 Å². The van der Waals surface area contributed by atoms with Crippen molar-refractivity contribution in [2.24, 2.45) is 5.73 Å². The van der Waals surface area contributed by atoms with Crippen LogP contribution >= 0.6 is 39.7 Å². The van der Waals surface area contributed by atoms with Gasteiger partial charge in [0, 0.05) is 15.4 Å². The zero-order valence-electron chi connectivity index (χ0n) is 11.1. The van der Waals surface area contributed by atoms with E-state index in [1.54, 1.807) is 6.07 Å². The highest BCUT2D eigenvalue weighted by atomic mass is 79.9. The maximum atomic E-state index is 12.2. The molecule has 1 aliphatic carbocycles. The molecule has 1 heterocycles. The number of nitrogens with two attached hydrogens (primary N) is 1. The summed E-state index contributed by atoms with van der Waals surface area (Å²) >= 11 is 4.91. The van der Waals surface area contributed by atoms with E-state index in [0.717, 1.165) is 29.4 Å². The lowest BCUT2D eigenvalue weighted by molar-refractivity contribution is 0.102. The summed E-state index contributed by atoms with van der Waals surface area (Å²) in [7, 11) is 0. The molecular weight excluding hydrogens is 374 g/mol. The van der Waals surface area contributed by atoms with Crippen LogP contribution in [0.4, 0.5) is 5.13 Å². The van der Waals surface area contributed by atoms with Crippen LogP contribution in [0.3, 0.4) is 0 Å². The van der Waals surface area contributed by atoms with Crippen LogP contribution in [0.2, 0.25) is 0 Å². The Hall–Kier alpha value is -0.950. The lowest BCUT2D eigenvalue weighted by atomic mass is 9.99. The molecule has 1 aliphatic rings. The van der Waals surface area contributed by atoms with E-state index in [1.807, 2.05) is 18.2 Å². The van der Waals surface area contributed by atoms with Crippen LogP contribution < -0.4 is 11.1 Å². The SMILES string of the molecule is Cl.N[C@H]1CCc2nc(NC(=O)c3ccccc3Br)sc2C1. The van der Waals surface area contributed by atoms with Crippen LogP contribution in [0.1, 0.15) is 27.3 Å². The molecule has 0 fully saturated rings. The third-order valence-corrected chi connectivity index (χ3v) is 5.04. The van der Waals surface area contributed by atoms with Crippen molar-refractivity contribution in [3.8, 4) is 0 Å². The summed E-state index contributed by atoms with van der Waals surface area (Å²) in [6.07, 6.45) is 2.73. The van der Waals surface area contributed by atoms with E-state index in [1.165, 1.54) is 16.2 Å². The van der Waals surface area contributed by atoms with E-state index >= 15 is 0 Å². The number of benzene rings is 1. The first-order chi connectivity index (χ1) is 9.63. The topological polar surface area (TPSA) is 68.0 Å². The maximum Gasteiger partial charge on any atom is 0.258 e. The van der Waals surface area contributed by atoms with Gasteiger partial charge in [-0.25, -0.2) is 4.98 Å². The molecule has 0 unspecified atom stereocenters. The predicted molar refractivity (Wildman–Crippen MR) is 91.5 cm³/mol. The first kappa shape index (κ1) is 16.4. The zero-order valence-corrected chi connectivity index (χ0v) is 14.4. The summed E-state index contributed by atoms with van der Waals surface area (Å²) in [6.45, 7) is 0. The third-order valence-electron chi connectivity index (χ3n) is 3.32. The van der Waals surface area contributed by atoms with Crippen LogP contribution in [0, 0.1) is 0 Å². The molecule has 0 bridgehead atoms. The number of thiazole rings is 1. The number of carbonyl (C=O) groups is 1. The summed E-state index contributed by atoms with van der Waals surface area (Å²) < 4.78 is 0.779. The van der Waals surface area contributed by atoms with Crippen LogP contribution in [0.5, 0.6) is 0 Å². The monoisotopic (exact) mass is 387 g/mol. The number of nitrogens with one attached hydrogen (secondary N) is 1. The number of anilines is 1. The largest absolute Gasteiger partial charge is 0.327 e. The van der Waals surface area contributed by atoms with Crippen molar-refractivity contribution in [3.05, 3.63) is 44.9 Å². The predicted octanol–water partition coefficient (Wildman–Crippen LogP) is 3.40. The average molecular weight is 389 g/mol. The summed E-state index contributed by atoms with van der Waals surface area (Å²) in [5.74, 6) is -0.145. The summed E-state index contributed by atoms with van der Waals surface area (Å²) in [6, 6.07) is 7.56. The number of hydrogen-bond acceptors (Lipinski definition) is 4. The van der Waals surface area contributed by atoms with Gasteiger partial charge in [0.15, 0.2) is 5.13 Å². The molecule has 1 atom stereocenters. The molecule has 0 saturated carbocycles. The fourth-order valence-corrected chi connectivity index (χ4v) is 3.82. The Labute approximate surface area is 141 Å².